The van der Waals surface area contributed by atoms with Crippen LogP contribution in [0.5, 0.6) is 0 Å². The van der Waals surface area contributed by atoms with Gasteiger partial charge >= 0.3 is 0 Å². The Balaban J connectivity index is 2.77. The van der Waals surface area contributed by atoms with E-state index in [4.69, 9.17) is 16.7 Å². The number of carbonyl (C=O) groups excluding carboxylic acids is 1. The number of pyridine rings is 1. The van der Waals surface area contributed by atoms with E-state index in [1.54, 1.807) is 6.07 Å². The summed E-state index contributed by atoms with van der Waals surface area (Å²) in [7, 11) is 0. The summed E-state index contributed by atoms with van der Waals surface area (Å²) < 4.78 is 24.2. The first-order valence-electron chi connectivity index (χ1n) is 5.73. The summed E-state index contributed by atoms with van der Waals surface area (Å²) in [5.41, 5.74) is 0.859. The molecule has 1 heterocycles. The van der Waals surface area contributed by atoms with Crippen LogP contribution in [-0.2, 0) is 0 Å². The Kier molecular flexibility index (Phi) is 5.62. The van der Waals surface area contributed by atoms with Crippen LogP contribution >= 0.6 is 11.6 Å². The minimum Gasteiger partial charge on any atom is -0.385 e. The van der Waals surface area contributed by atoms with E-state index in [1.165, 1.54) is 6.07 Å². The highest BCUT2D eigenvalue weighted by atomic mass is 35.5. The van der Waals surface area contributed by atoms with Gasteiger partial charge in [0.2, 0.25) is 0 Å². The number of rotatable bonds is 5. The number of alkyl halides is 2. The Labute approximate surface area is 114 Å². The molecular formula is C12H15ClF2N2O2. The van der Waals surface area contributed by atoms with Gasteiger partial charge in [0.1, 0.15) is 11.3 Å². The van der Waals surface area contributed by atoms with Gasteiger partial charge in [-0.05, 0) is 18.1 Å². The predicted molar refractivity (Wildman–Crippen MR) is 67.7 cm³/mol. The van der Waals surface area contributed by atoms with Crippen molar-refractivity contribution in [2.45, 2.75) is 32.3 Å². The number of aromatic nitrogens is 1. The van der Waals surface area contributed by atoms with Gasteiger partial charge < -0.3 is 10.4 Å². The molecule has 0 radical (unpaired) electrons. The van der Waals surface area contributed by atoms with E-state index >= 15 is 0 Å². The molecule has 1 amide bonds. The van der Waals surface area contributed by atoms with Crippen LogP contribution in [0.25, 0.3) is 0 Å². The van der Waals surface area contributed by atoms with Crippen molar-refractivity contribution in [1.82, 2.24) is 10.3 Å². The van der Waals surface area contributed by atoms with Crippen molar-refractivity contribution in [3.8, 4) is 0 Å². The van der Waals surface area contributed by atoms with Gasteiger partial charge in [-0.2, -0.15) is 0 Å². The largest absolute Gasteiger partial charge is 0.385 e. The molecule has 19 heavy (non-hydrogen) atoms. The molecule has 7 heteroatoms. The number of amides is 1. The monoisotopic (exact) mass is 292 g/mol. The van der Waals surface area contributed by atoms with Crippen molar-refractivity contribution >= 4 is 17.5 Å². The van der Waals surface area contributed by atoms with Gasteiger partial charge in [0.15, 0.2) is 0 Å². The molecule has 0 saturated heterocycles. The van der Waals surface area contributed by atoms with E-state index < -0.39 is 25.0 Å². The van der Waals surface area contributed by atoms with Crippen molar-refractivity contribution in [3.05, 3.63) is 28.5 Å². The first kappa shape index (κ1) is 15.8. The van der Waals surface area contributed by atoms with E-state index in [1.807, 2.05) is 13.8 Å². The van der Waals surface area contributed by atoms with Gasteiger partial charge in [-0.15, -0.1) is 0 Å². The summed E-state index contributed by atoms with van der Waals surface area (Å²) in [6.45, 7) is 3.26. The average Bonchev–Trinajstić information content (AvgIpc) is 2.34. The first-order chi connectivity index (χ1) is 8.81. The second kappa shape index (κ2) is 6.77. The van der Waals surface area contributed by atoms with Crippen LogP contribution in [0, 0.1) is 0 Å². The van der Waals surface area contributed by atoms with Crippen LogP contribution in [0.15, 0.2) is 12.1 Å². The lowest BCUT2D eigenvalue weighted by Crippen LogP contribution is -2.35. The summed E-state index contributed by atoms with van der Waals surface area (Å²) >= 11 is 5.79. The summed E-state index contributed by atoms with van der Waals surface area (Å²) in [6.07, 6.45) is -4.78. The van der Waals surface area contributed by atoms with E-state index in [2.05, 4.69) is 10.3 Å². The number of halogens is 3. The Morgan fingerprint density at radius 2 is 2.11 bits per heavy atom. The maximum Gasteiger partial charge on any atom is 0.265 e. The summed E-state index contributed by atoms with van der Waals surface area (Å²) in [5, 5.41) is 11.3. The van der Waals surface area contributed by atoms with E-state index in [0.29, 0.717) is 5.69 Å². The number of aliphatic hydroxyl groups excluding tert-OH is 1. The van der Waals surface area contributed by atoms with Gasteiger partial charge in [0, 0.05) is 17.8 Å². The third kappa shape index (κ3) is 4.72. The highest BCUT2D eigenvalue weighted by molar-refractivity contribution is 6.29. The maximum absolute atomic E-state index is 12.1. The van der Waals surface area contributed by atoms with Crippen molar-refractivity contribution in [2.24, 2.45) is 0 Å². The fraction of sp³-hybridized carbons (Fsp3) is 0.500. The number of carbonyl (C=O) groups is 1. The molecule has 0 aliphatic heterocycles. The zero-order valence-corrected chi connectivity index (χ0v) is 11.3. The smallest absolute Gasteiger partial charge is 0.265 e. The van der Waals surface area contributed by atoms with Gasteiger partial charge in [-0.3, -0.25) is 4.79 Å². The van der Waals surface area contributed by atoms with Crippen LogP contribution in [0.2, 0.25) is 5.15 Å². The van der Waals surface area contributed by atoms with Crippen LogP contribution in [0.4, 0.5) is 8.78 Å². The lowest BCUT2D eigenvalue weighted by molar-refractivity contribution is -0.00270. The van der Waals surface area contributed by atoms with Crippen LogP contribution in [0.1, 0.15) is 35.8 Å². The normalized spacial score (nSPS) is 12.8. The van der Waals surface area contributed by atoms with E-state index in [9.17, 15) is 13.6 Å². The summed E-state index contributed by atoms with van der Waals surface area (Å²) in [6, 6.07) is 2.89. The highest BCUT2D eigenvalue weighted by Gasteiger charge is 2.18. The topological polar surface area (TPSA) is 62.2 Å². The van der Waals surface area contributed by atoms with E-state index in [-0.39, 0.29) is 16.6 Å². The number of nitrogens with one attached hydrogen (secondary N) is 1. The fourth-order valence-corrected chi connectivity index (χ4v) is 1.55. The van der Waals surface area contributed by atoms with Gasteiger partial charge in [-0.1, -0.05) is 25.4 Å². The predicted octanol–water partition coefficient (Wildman–Crippen LogP) is 2.21. The quantitative estimate of drug-likeness (QED) is 0.818. The minimum atomic E-state index is -2.90. The SMILES string of the molecule is CC(C)c1cc(C(=O)NCC(O)C(F)F)cc(Cl)n1. The fourth-order valence-electron chi connectivity index (χ4n) is 1.33. The number of hydrogen-bond donors (Lipinski definition) is 2. The minimum absolute atomic E-state index is 0.0805. The molecule has 106 valence electrons. The van der Waals surface area contributed by atoms with Crippen molar-refractivity contribution in [2.75, 3.05) is 6.54 Å². The molecule has 1 aromatic heterocycles. The Morgan fingerprint density at radius 1 is 1.47 bits per heavy atom. The number of nitrogens with zero attached hydrogens (tertiary/aromatic N) is 1. The highest BCUT2D eigenvalue weighted by Crippen LogP contribution is 2.17. The lowest BCUT2D eigenvalue weighted by Gasteiger charge is -2.12. The molecule has 0 aliphatic carbocycles. The molecule has 1 unspecified atom stereocenters. The van der Waals surface area contributed by atoms with Gasteiger partial charge in [-0.25, -0.2) is 13.8 Å². The Morgan fingerprint density at radius 3 is 2.63 bits per heavy atom. The van der Waals surface area contributed by atoms with Crippen molar-refractivity contribution < 1.29 is 18.7 Å². The molecule has 0 aromatic carbocycles. The number of hydrogen-bond acceptors (Lipinski definition) is 3. The maximum atomic E-state index is 12.1. The molecule has 1 atom stereocenters. The van der Waals surface area contributed by atoms with Crippen LogP contribution in [0.3, 0.4) is 0 Å². The molecule has 2 N–H and O–H groups in total. The third-order valence-electron chi connectivity index (χ3n) is 2.43. The zero-order chi connectivity index (χ0) is 14.6. The molecule has 0 saturated carbocycles. The van der Waals surface area contributed by atoms with Gasteiger partial charge in [0.05, 0.1) is 0 Å². The summed E-state index contributed by atoms with van der Waals surface area (Å²) in [4.78, 5) is 15.8. The lowest BCUT2D eigenvalue weighted by atomic mass is 10.1. The molecule has 0 spiro atoms. The van der Waals surface area contributed by atoms with Gasteiger partial charge in [0.25, 0.3) is 12.3 Å². The third-order valence-corrected chi connectivity index (χ3v) is 2.62. The molecule has 0 aliphatic rings. The van der Waals surface area contributed by atoms with E-state index in [0.717, 1.165) is 0 Å². The van der Waals surface area contributed by atoms with Crippen LogP contribution in [-0.4, -0.2) is 35.1 Å². The average molecular weight is 293 g/mol. The molecular weight excluding hydrogens is 278 g/mol. The second-order valence-electron chi connectivity index (χ2n) is 4.37. The Bertz CT molecular complexity index is 455. The Hall–Kier alpha value is -1.27. The summed E-state index contributed by atoms with van der Waals surface area (Å²) in [5.74, 6) is -0.497. The second-order valence-corrected chi connectivity index (χ2v) is 4.76. The number of aliphatic hydroxyl groups is 1. The molecule has 4 nitrogen and oxygen atoms in total. The molecule has 1 rings (SSSR count). The van der Waals surface area contributed by atoms with Crippen molar-refractivity contribution in [1.29, 1.82) is 0 Å². The molecule has 1 aromatic rings. The molecule has 0 bridgehead atoms. The molecule has 0 fully saturated rings. The standard InChI is InChI=1S/C12H15ClF2N2O2/c1-6(2)8-3-7(4-10(13)17-8)12(19)16-5-9(18)11(14)15/h3-4,6,9,11,18H,5H2,1-2H3,(H,16,19). The first-order valence-corrected chi connectivity index (χ1v) is 6.11. The van der Waals surface area contributed by atoms with Crippen LogP contribution < -0.4 is 5.32 Å². The zero-order valence-electron chi connectivity index (χ0n) is 10.5. The van der Waals surface area contributed by atoms with Crippen molar-refractivity contribution in [3.63, 3.8) is 0 Å².